The molecule has 1 N–H and O–H groups in total. The van der Waals surface area contributed by atoms with Gasteiger partial charge < -0.3 is 5.32 Å². The highest BCUT2D eigenvalue weighted by atomic mass is 79.9. The maximum absolute atomic E-state index is 12.2. The van der Waals surface area contributed by atoms with Crippen LogP contribution < -0.4 is 5.32 Å². The Morgan fingerprint density at radius 1 is 1.16 bits per heavy atom. The van der Waals surface area contributed by atoms with Crippen molar-refractivity contribution in [2.75, 3.05) is 5.32 Å². The van der Waals surface area contributed by atoms with Crippen molar-refractivity contribution in [3.8, 4) is 0 Å². The fourth-order valence-corrected chi connectivity index (χ4v) is 2.33. The van der Waals surface area contributed by atoms with Gasteiger partial charge in [-0.2, -0.15) is 0 Å². The van der Waals surface area contributed by atoms with Gasteiger partial charge in [-0.25, -0.2) is 0 Å². The van der Waals surface area contributed by atoms with Crippen LogP contribution >= 0.6 is 27.5 Å². The zero-order valence-electron chi connectivity index (χ0n) is 10.6. The molecule has 0 unspecified atom stereocenters. The Kier molecular flexibility index (Phi) is 4.27. The number of rotatable bonds is 2. The summed E-state index contributed by atoms with van der Waals surface area (Å²) < 4.78 is 0.959. The van der Waals surface area contributed by atoms with E-state index in [1.807, 2.05) is 44.2 Å². The molecule has 2 aromatic carbocycles. The quantitative estimate of drug-likeness (QED) is 0.823. The molecule has 1 amide bonds. The smallest absolute Gasteiger partial charge is 0.257 e. The number of halogens is 2. The van der Waals surface area contributed by atoms with Gasteiger partial charge in [0.05, 0.1) is 10.6 Å². The standard InChI is InChI=1S/C15H13BrClNO/c1-9-5-3-6-11(14(9)17)15(19)18-13-8-4-7-12(16)10(13)2/h3-8H,1-2H3,(H,18,19). The lowest BCUT2D eigenvalue weighted by atomic mass is 10.1. The summed E-state index contributed by atoms with van der Waals surface area (Å²) in [5.41, 5.74) is 3.14. The van der Waals surface area contributed by atoms with Crippen LogP contribution in [0.25, 0.3) is 0 Å². The van der Waals surface area contributed by atoms with Gasteiger partial charge in [-0.05, 0) is 43.2 Å². The zero-order valence-corrected chi connectivity index (χ0v) is 13.0. The van der Waals surface area contributed by atoms with E-state index in [9.17, 15) is 4.79 Å². The molecule has 4 heteroatoms. The minimum absolute atomic E-state index is 0.199. The van der Waals surface area contributed by atoms with Crippen LogP contribution in [0.3, 0.4) is 0 Å². The molecule has 0 aliphatic carbocycles. The Balaban J connectivity index is 2.31. The molecule has 0 saturated carbocycles. The fourth-order valence-electron chi connectivity index (χ4n) is 1.76. The van der Waals surface area contributed by atoms with Gasteiger partial charge in [0.25, 0.3) is 5.91 Å². The summed E-state index contributed by atoms with van der Waals surface area (Å²) in [5, 5.41) is 3.38. The molecule has 0 saturated heterocycles. The van der Waals surface area contributed by atoms with Crippen molar-refractivity contribution in [2.24, 2.45) is 0 Å². The lowest BCUT2D eigenvalue weighted by molar-refractivity contribution is 0.102. The van der Waals surface area contributed by atoms with E-state index < -0.39 is 0 Å². The lowest BCUT2D eigenvalue weighted by Gasteiger charge is -2.11. The summed E-state index contributed by atoms with van der Waals surface area (Å²) in [7, 11) is 0. The maximum atomic E-state index is 12.2. The Hall–Kier alpha value is -1.32. The van der Waals surface area contributed by atoms with Gasteiger partial charge in [0.1, 0.15) is 0 Å². The van der Waals surface area contributed by atoms with Crippen molar-refractivity contribution in [2.45, 2.75) is 13.8 Å². The molecule has 2 rings (SSSR count). The number of carbonyl (C=O) groups excluding carboxylic acids is 1. The number of benzene rings is 2. The third-order valence-corrected chi connectivity index (χ3v) is 4.31. The van der Waals surface area contributed by atoms with Gasteiger partial charge in [0.2, 0.25) is 0 Å². The predicted octanol–water partition coefficient (Wildman–Crippen LogP) is 4.97. The third-order valence-electron chi connectivity index (χ3n) is 2.95. The van der Waals surface area contributed by atoms with Crippen LogP contribution in [0.4, 0.5) is 5.69 Å². The van der Waals surface area contributed by atoms with Crippen LogP contribution in [0, 0.1) is 13.8 Å². The Labute approximate surface area is 125 Å². The molecule has 0 fully saturated rings. The number of hydrogen-bond acceptors (Lipinski definition) is 1. The van der Waals surface area contributed by atoms with E-state index >= 15 is 0 Å². The number of carbonyl (C=O) groups is 1. The SMILES string of the molecule is Cc1cccc(C(=O)Nc2cccc(Br)c2C)c1Cl. The molecule has 0 radical (unpaired) electrons. The van der Waals surface area contributed by atoms with Gasteiger partial charge >= 0.3 is 0 Å². The first kappa shape index (κ1) is 14.1. The molecule has 0 aliphatic rings. The van der Waals surface area contributed by atoms with Crippen LogP contribution in [0.2, 0.25) is 5.02 Å². The van der Waals surface area contributed by atoms with E-state index in [4.69, 9.17) is 11.6 Å². The normalized spacial score (nSPS) is 10.3. The second-order valence-corrected chi connectivity index (χ2v) is 5.54. The van der Waals surface area contributed by atoms with E-state index in [1.165, 1.54) is 0 Å². The highest BCUT2D eigenvalue weighted by molar-refractivity contribution is 9.10. The van der Waals surface area contributed by atoms with Gasteiger partial charge in [0.15, 0.2) is 0 Å². The number of amides is 1. The van der Waals surface area contributed by atoms with Gasteiger partial charge in [-0.1, -0.05) is 45.7 Å². The molecule has 0 bridgehead atoms. The molecular weight excluding hydrogens is 326 g/mol. The highest BCUT2D eigenvalue weighted by Crippen LogP contribution is 2.25. The van der Waals surface area contributed by atoms with Crippen LogP contribution in [-0.4, -0.2) is 5.91 Å². The average Bonchev–Trinajstić information content (AvgIpc) is 2.38. The molecule has 19 heavy (non-hydrogen) atoms. The maximum Gasteiger partial charge on any atom is 0.257 e. The van der Waals surface area contributed by atoms with Crippen LogP contribution in [-0.2, 0) is 0 Å². The largest absolute Gasteiger partial charge is 0.322 e. The second kappa shape index (κ2) is 5.76. The van der Waals surface area contributed by atoms with Gasteiger partial charge in [-0.3, -0.25) is 4.79 Å². The molecular formula is C15H13BrClNO. The molecule has 0 aromatic heterocycles. The van der Waals surface area contributed by atoms with E-state index in [0.29, 0.717) is 10.6 Å². The number of anilines is 1. The third kappa shape index (κ3) is 2.99. The highest BCUT2D eigenvalue weighted by Gasteiger charge is 2.13. The Morgan fingerprint density at radius 2 is 1.84 bits per heavy atom. The molecule has 0 spiro atoms. The van der Waals surface area contributed by atoms with Crippen molar-refractivity contribution < 1.29 is 4.79 Å². The molecule has 2 nitrogen and oxygen atoms in total. The number of hydrogen-bond donors (Lipinski definition) is 1. The van der Waals surface area contributed by atoms with E-state index in [-0.39, 0.29) is 5.91 Å². The van der Waals surface area contributed by atoms with Crippen LogP contribution in [0.15, 0.2) is 40.9 Å². The first-order chi connectivity index (χ1) is 9.00. The molecule has 0 atom stereocenters. The minimum Gasteiger partial charge on any atom is -0.322 e. The summed E-state index contributed by atoms with van der Waals surface area (Å²) >= 11 is 9.60. The molecule has 98 valence electrons. The van der Waals surface area contributed by atoms with Crippen LogP contribution in [0.1, 0.15) is 21.5 Å². The topological polar surface area (TPSA) is 29.1 Å². The first-order valence-electron chi connectivity index (χ1n) is 5.82. The predicted molar refractivity (Wildman–Crippen MR) is 83.0 cm³/mol. The first-order valence-corrected chi connectivity index (χ1v) is 6.99. The second-order valence-electron chi connectivity index (χ2n) is 4.30. The van der Waals surface area contributed by atoms with Crippen LogP contribution in [0.5, 0.6) is 0 Å². The molecule has 2 aromatic rings. The van der Waals surface area contributed by atoms with Crippen molar-refractivity contribution in [3.05, 3.63) is 62.6 Å². The average molecular weight is 339 g/mol. The minimum atomic E-state index is -0.199. The van der Waals surface area contributed by atoms with E-state index in [2.05, 4.69) is 21.2 Å². The molecule has 0 heterocycles. The fraction of sp³-hybridized carbons (Fsp3) is 0.133. The Morgan fingerprint density at radius 3 is 2.58 bits per heavy atom. The summed E-state index contributed by atoms with van der Waals surface area (Å²) in [6, 6.07) is 11.1. The summed E-state index contributed by atoms with van der Waals surface area (Å²) in [4.78, 5) is 12.2. The van der Waals surface area contributed by atoms with Gasteiger partial charge in [0, 0.05) is 10.2 Å². The van der Waals surface area contributed by atoms with Crippen molar-refractivity contribution >= 4 is 39.1 Å². The number of nitrogens with one attached hydrogen (secondary N) is 1. The van der Waals surface area contributed by atoms with E-state index in [0.717, 1.165) is 21.3 Å². The molecule has 0 aliphatic heterocycles. The van der Waals surface area contributed by atoms with Crippen molar-refractivity contribution in [1.29, 1.82) is 0 Å². The monoisotopic (exact) mass is 337 g/mol. The zero-order chi connectivity index (χ0) is 14.0. The lowest BCUT2D eigenvalue weighted by Crippen LogP contribution is -2.13. The summed E-state index contributed by atoms with van der Waals surface area (Å²) in [5.74, 6) is -0.199. The van der Waals surface area contributed by atoms with Crippen molar-refractivity contribution in [1.82, 2.24) is 0 Å². The summed E-state index contributed by atoms with van der Waals surface area (Å²) in [6.07, 6.45) is 0. The van der Waals surface area contributed by atoms with E-state index in [1.54, 1.807) is 6.07 Å². The number of aryl methyl sites for hydroxylation is 1. The summed E-state index contributed by atoms with van der Waals surface area (Å²) in [6.45, 7) is 3.82. The Bertz CT molecular complexity index is 640. The van der Waals surface area contributed by atoms with Gasteiger partial charge in [-0.15, -0.1) is 0 Å². The van der Waals surface area contributed by atoms with Crippen molar-refractivity contribution in [3.63, 3.8) is 0 Å².